The number of amides is 1. The first kappa shape index (κ1) is 14.7. The summed E-state index contributed by atoms with van der Waals surface area (Å²) in [5.74, 6) is -1.88. The lowest BCUT2D eigenvalue weighted by molar-refractivity contribution is -0.384. The summed E-state index contributed by atoms with van der Waals surface area (Å²) in [5.41, 5.74) is 0.766. The molecule has 2 N–H and O–H groups in total. The van der Waals surface area contributed by atoms with E-state index >= 15 is 0 Å². The standard InChI is InChI=1S/C14H14N2O5/c1-8-6-11(16(20)21)4-5-12(8)13(17)15-10-3-2-9(7-10)14(18)19/h2-6,9-10H,7H2,1H3,(H,15,17)(H,18,19). The number of carbonyl (C=O) groups excluding carboxylic acids is 1. The van der Waals surface area contributed by atoms with Crippen LogP contribution in [0.4, 0.5) is 5.69 Å². The zero-order valence-corrected chi connectivity index (χ0v) is 11.3. The van der Waals surface area contributed by atoms with Gasteiger partial charge in [-0.25, -0.2) is 0 Å². The first-order valence-corrected chi connectivity index (χ1v) is 6.35. The summed E-state index contributed by atoms with van der Waals surface area (Å²) >= 11 is 0. The van der Waals surface area contributed by atoms with Gasteiger partial charge in [0, 0.05) is 23.7 Å². The Kier molecular flexibility index (Phi) is 4.02. The Morgan fingerprint density at radius 2 is 2.10 bits per heavy atom. The van der Waals surface area contributed by atoms with Gasteiger partial charge < -0.3 is 10.4 Å². The van der Waals surface area contributed by atoms with Gasteiger partial charge in [-0.3, -0.25) is 19.7 Å². The van der Waals surface area contributed by atoms with Gasteiger partial charge >= 0.3 is 5.97 Å². The second-order valence-electron chi connectivity index (χ2n) is 4.90. The lowest BCUT2D eigenvalue weighted by atomic mass is 10.1. The molecule has 2 atom stereocenters. The minimum absolute atomic E-state index is 0.0734. The predicted molar refractivity (Wildman–Crippen MR) is 74.0 cm³/mol. The first-order chi connectivity index (χ1) is 9.88. The molecule has 21 heavy (non-hydrogen) atoms. The summed E-state index contributed by atoms with van der Waals surface area (Å²) in [4.78, 5) is 33.1. The van der Waals surface area contributed by atoms with Crippen molar-refractivity contribution in [3.8, 4) is 0 Å². The van der Waals surface area contributed by atoms with Crippen LogP contribution in [0.15, 0.2) is 30.4 Å². The molecular weight excluding hydrogens is 276 g/mol. The summed E-state index contributed by atoms with van der Waals surface area (Å²) in [6.07, 6.45) is 3.51. The molecule has 1 aliphatic rings. The van der Waals surface area contributed by atoms with Crippen LogP contribution in [-0.2, 0) is 4.79 Å². The van der Waals surface area contributed by atoms with Crippen molar-refractivity contribution < 1.29 is 19.6 Å². The third-order valence-electron chi connectivity index (χ3n) is 3.38. The number of hydrogen-bond acceptors (Lipinski definition) is 4. The third-order valence-corrected chi connectivity index (χ3v) is 3.38. The van der Waals surface area contributed by atoms with Crippen molar-refractivity contribution in [1.29, 1.82) is 0 Å². The molecule has 2 rings (SSSR count). The SMILES string of the molecule is Cc1cc([N+](=O)[O-])ccc1C(=O)NC1C=CC(C(=O)O)C1. The van der Waals surface area contributed by atoms with E-state index in [0.29, 0.717) is 17.5 Å². The summed E-state index contributed by atoms with van der Waals surface area (Å²) in [6.45, 7) is 1.62. The third kappa shape index (κ3) is 3.25. The predicted octanol–water partition coefficient (Wildman–Crippen LogP) is 1.66. The molecule has 0 saturated carbocycles. The van der Waals surface area contributed by atoms with E-state index in [4.69, 9.17) is 5.11 Å². The fraction of sp³-hybridized carbons (Fsp3) is 0.286. The number of non-ortho nitro benzene ring substituents is 1. The molecular formula is C14H14N2O5. The Morgan fingerprint density at radius 3 is 2.62 bits per heavy atom. The van der Waals surface area contributed by atoms with Crippen molar-refractivity contribution >= 4 is 17.6 Å². The van der Waals surface area contributed by atoms with Gasteiger partial charge in [0.15, 0.2) is 0 Å². The van der Waals surface area contributed by atoms with E-state index in [0.717, 1.165) is 0 Å². The number of aliphatic carboxylic acids is 1. The lowest BCUT2D eigenvalue weighted by Gasteiger charge is -2.13. The van der Waals surface area contributed by atoms with Crippen LogP contribution in [0.25, 0.3) is 0 Å². The number of nitrogens with one attached hydrogen (secondary N) is 1. The van der Waals surface area contributed by atoms with Gasteiger partial charge in [0.05, 0.1) is 10.8 Å². The molecule has 0 aliphatic heterocycles. The van der Waals surface area contributed by atoms with E-state index in [1.54, 1.807) is 19.1 Å². The Morgan fingerprint density at radius 1 is 1.38 bits per heavy atom. The molecule has 0 radical (unpaired) electrons. The molecule has 1 aliphatic carbocycles. The Balaban J connectivity index is 2.06. The molecule has 0 bridgehead atoms. The first-order valence-electron chi connectivity index (χ1n) is 6.35. The molecule has 1 aromatic carbocycles. The van der Waals surface area contributed by atoms with E-state index in [-0.39, 0.29) is 17.6 Å². The second kappa shape index (κ2) is 5.74. The molecule has 2 unspecified atom stereocenters. The normalized spacial score (nSPS) is 20.2. The smallest absolute Gasteiger partial charge is 0.310 e. The summed E-state index contributed by atoms with van der Waals surface area (Å²) in [5, 5.41) is 22.2. The highest BCUT2D eigenvalue weighted by Gasteiger charge is 2.26. The van der Waals surface area contributed by atoms with Crippen LogP contribution in [-0.4, -0.2) is 27.9 Å². The number of nitrogens with zero attached hydrogens (tertiary/aromatic N) is 1. The van der Waals surface area contributed by atoms with Gasteiger partial charge in [0.1, 0.15) is 0 Å². The fourth-order valence-electron chi connectivity index (χ4n) is 2.25. The molecule has 110 valence electrons. The number of carboxylic acid groups (broad SMARTS) is 1. The van der Waals surface area contributed by atoms with Crippen LogP contribution in [0.3, 0.4) is 0 Å². The molecule has 1 aromatic rings. The zero-order valence-electron chi connectivity index (χ0n) is 11.3. The van der Waals surface area contributed by atoms with Gasteiger partial charge in [-0.1, -0.05) is 12.2 Å². The Hall–Kier alpha value is -2.70. The van der Waals surface area contributed by atoms with Crippen LogP contribution < -0.4 is 5.32 Å². The molecule has 0 saturated heterocycles. The number of carboxylic acids is 1. The van der Waals surface area contributed by atoms with Crippen molar-refractivity contribution in [2.75, 3.05) is 0 Å². The Bertz CT molecular complexity index is 638. The zero-order chi connectivity index (χ0) is 15.6. The highest BCUT2D eigenvalue weighted by Crippen LogP contribution is 2.20. The maximum absolute atomic E-state index is 12.1. The molecule has 7 heteroatoms. The number of carbonyl (C=O) groups is 2. The van der Waals surface area contributed by atoms with E-state index in [9.17, 15) is 19.7 Å². The van der Waals surface area contributed by atoms with Crippen LogP contribution in [0.2, 0.25) is 0 Å². The molecule has 0 fully saturated rings. The topological polar surface area (TPSA) is 110 Å². The van der Waals surface area contributed by atoms with Crippen molar-refractivity contribution in [3.63, 3.8) is 0 Å². The molecule has 7 nitrogen and oxygen atoms in total. The molecule has 0 heterocycles. The summed E-state index contributed by atoms with van der Waals surface area (Å²) < 4.78 is 0. The minimum Gasteiger partial charge on any atom is -0.481 e. The molecule has 0 aromatic heterocycles. The van der Waals surface area contributed by atoms with Gasteiger partial charge in [-0.15, -0.1) is 0 Å². The summed E-state index contributed by atoms with van der Waals surface area (Å²) in [6, 6.07) is 3.66. The average Bonchev–Trinajstić information content (AvgIpc) is 2.87. The molecule has 0 spiro atoms. The number of nitro benzene ring substituents is 1. The van der Waals surface area contributed by atoms with Crippen molar-refractivity contribution in [2.45, 2.75) is 19.4 Å². The van der Waals surface area contributed by atoms with Gasteiger partial charge in [0.2, 0.25) is 0 Å². The van der Waals surface area contributed by atoms with E-state index < -0.39 is 16.8 Å². The monoisotopic (exact) mass is 290 g/mol. The van der Waals surface area contributed by atoms with Crippen molar-refractivity contribution in [3.05, 3.63) is 51.6 Å². The van der Waals surface area contributed by atoms with Gasteiger partial charge in [0.25, 0.3) is 11.6 Å². The van der Waals surface area contributed by atoms with Crippen molar-refractivity contribution in [1.82, 2.24) is 5.32 Å². The van der Waals surface area contributed by atoms with E-state index in [1.807, 2.05) is 0 Å². The number of hydrogen-bond donors (Lipinski definition) is 2. The minimum atomic E-state index is -0.922. The second-order valence-corrected chi connectivity index (χ2v) is 4.90. The highest BCUT2D eigenvalue weighted by molar-refractivity contribution is 5.96. The lowest BCUT2D eigenvalue weighted by Crippen LogP contribution is -2.33. The quantitative estimate of drug-likeness (QED) is 0.498. The maximum Gasteiger partial charge on any atom is 0.310 e. The van der Waals surface area contributed by atoms with Crippen molar-refractivity contribution in [2.24, 2.45) is 5.92 Å². The van der Waals surface area contributed by atoms with Crippen LogP contribution in [0.5, 0.6) is 0 Å². The Labute approximate surface area is 120 Å². The fourth-order valence-corrected chi connectivity index (χ4v) is 2.25. The number of aryl methyl sites for hydroxylation is 1. The number of nitro groups is 1. The van der Waals surface area contributed by atoms with Gasteiger partial charge in [-0.2, -0.15) is 0 Å². The largest absolute Gasteiger partial charge is 0.481 e. The molecule has 1 amide bonds. The van der Waals surface area contributed by atoms with Crippen LogP contribution in [0.1, 0.15) is 22.3 Å². The maximum atomic E-state index is 12.1. The van der Waals surface area contributed by atoms with Crippen LogP contribution >= 0.6 is 0 Å². The highest BCUT2D eigenvalue weighted by atomic mass is 16.6. The van der Waals surface area contributed by atoms with Gasteiger partial charge in [-0.05, 0) is 25.0 Å². The number of benzene rings is 1. The average molecular weight is 290 g/mol. The van der Waals surface area contributed by atoms with E-state index in [2.05, 4.69) is 5.32 Å². The van der Waals surface area contributed by atoms with Crippen LogP contribution in [0, 0.1) is 23.0 Å². The summed E-state index contributed by atoms with van der Waals surface area (Å²) in [7, 11) is 0. The van der Waals surface area contributed by atoms with E-state index in [1.165, 1.54) is 18.2 Å². The number of rotatable bonds is 4.